The Kier molecular flexibility index (Phi) is 5.00. The van der Waals surface area contributed by atoms with E-state index in [9.17, 15) is 9.59 Å². The number of aromatic nitrogens is 1. The van der Waals surface area contributed by atoms with E-state index in [-0.39, 0.29) is 11.5 Å². The fraction of sp³-hybridized carbons (Fsp3) is 0.474. The Morgan fingerprint density at radius 2 is 1.92 bits per heavy atom. The molecule has 1 aliphatic rings. The maximum atomic E-state index is 13.0. The zero-order valence-electron chi connectivity index (χ0n) is 14.3. The minimum Gasteiger partial charge on any atom is -0.378 e. The second-order valence-electron chi connectivity index (χ2n) is 6.66. The molecule has 0 atom stereocenters. The Bertz CT molecular complexity index is 789. The second kappa shape index (κ2) is 7.18. The molecule has 1 fully saturated rings. The minimum absolute atomic E-state index is 0.0784. The maximum absolute atomic E-state index is 13.0. The molecule has 2 aromatic rings. The number of hydrogen-bond donors (Lipinski definition) is 0. The molecule has 1 aliphatic heterocycles. The van der Waals surface area contributed by atoms with E-state index in [1.54, 1.807) is 9.47 Å². The SMILES string of the molecule is CC(C)CCn1c(C(=O)N2CCOCC2)cc2ccccc2c1=O. The molecule has 128 valence electrons. The van der Waals surface area contributed by atoms with Gasteiger partial charge >= 0.3 is 0 Å². The van der Waals surface area contributed by atoms with E-state index < -0.39 is 0 Å². The van der Waals surface area contributed by atoms with Gasteiger partial charge in [-0.05, 0) is 29.9 Å². The summed E-state index contributed by atoms with van der Waals surface area (Å²) in [6.45, 7) is 7.05. The zero-order chi connectivity index (χ0) is 17.1. The van der Waals surface area contributed by atoms with Gasteiger partial charge in [-0.3, -0.25) is 9.59 Å². The van der Waals surface area contributed by atoms with Gasteiger partial charge in [0.05, 0.1) is 13.2 Å². The number of pyridine rings is 1. The molecule has 0 radical (unpaired) electrons. The van der Waals surface area contributed by atoms with Gasteiger partial charge in [-0.15, -0.1) is 0 Å². The fourth-order valence-electron chi connectivity index (χ4n) is 3.01. The van der Waals surface area contributed by atoms with Crippen LogP contribution in [0.2, 0.25) is 0 Å². The van der Waals surface area contributed by atoms with Gasteiger partial charge in [0.15, 0.2) is 0 Å². The zero-order valence-corrected chi connectivity index (χ0v) is 14.3. The smallest absolute Gasteiger partial charge is 0.270 e. The van der Waals surface area contributed by atoms with E-state index in [0.29, 0.717) is 49.8 Å². The Balaban J connectivity index is 2.07. The van der Waals surface area contributed by atoms with Crippen LogP contribution in [0.4, 0.5) is 0 Å². The van der Waals surface area contributed by atoms with Gasteiger partial charge < -0.3 is 14.2 Å². The third-order valence-electron chi connectivity index (χ3n) is 4.47. The average Bonchev–Trinajstić information content (AvgIpc) is 2.61. The molecule has 5 heteroatoms. The van der Waals surface area contributed by atoms with Crippen LogP contribution in [0, 0.1) is 5.92 Å². The standard InChI is InChI=1S/C19H24N2O3/c1-14(2)7-8-21-17(19(23)20-9-11-24-12-10-20)13-15-5-3-4-6-16(15)18(21)22/h3-6,13-14H,7-12H2,1-2H3. The molecule has 5 nitrogen and oxygen atoms in total. The van der Waals surface area contributed by atoms with Crippen molar-refractivity contribution in [2.75, 3.05) is 26.3 Å². The van der Waals surface area contributed by atoms with Gasteiger partial charge in [0, 0.05) is 25.0 Å². The lowest BCUT2D eigenvalue weighted by molar-refractivity contribution is 0.0295. The van der Waals surface area contributed by atoms with Crippen LogP contribution in [0.3, 0.4) is 0 Å². The fourth-order valence-corrected chi connectivity index (χ4v) is 3.01. The first-order chi connectivity index (χ1) is 11.6. The van der Waals surface area contributed by atoms with Crippen molar-refractivity contribution in [2.45, 2.75) is 26.8 Å². The van der Waals surface area contributed by atoms with Crippen molar-refractivity contribution < 1.29 is 9.53 Å². The van der Waals surface area contributed by atoms with E-state index in [1.807, 2.05) is 30.3 Å². The van der Waals surface area contributed by atoms with E-state index in [1.165, 1.54) is 0 Å². The monoisotopic (exact) mass is 328 g/mol. The number of nitrogens with zero attached hydrogens (tertiary/aromatic N) is 2. The third-order valence-corrected chi connectivity index (χ3v) is 4.47. The van der Waals surface area contributed by atoms with Crippen LogP contribution in [0.25, 0.3) is 10.8 Å². The van der Waals surface area contributed by atoms with Crippen LogP contribution in [0.1, 0.15) is 30.8 Å². The number of ether oxygens (including phenoxy) is 1. The molecule has 1 saturated heterocycles. The average molecular weight is 328 g/mol. The molecule has 3 rings (SSSR count). The van der Waals surface area contributed by atoms with E-state index in [4.69, 9.17) is 4.74 Å². The molecule has 0 spiro atoms. The van der Waals surface area contributed by atoms with Crippen LogP contribution >= 0.6 is 0 Å². The number of benzene rings is 1. The molecule has 1 aromatic carbocycles. The van der Waals surface area contributed by atoms with Gasteiger partial charge in [0.25, 0.3) is 11.5 Å². The molecular formula is C19H24N2O3. The normalized spacial score (nSPS) is 15.2. The lowest BCUT2D eigenvalue weighted by atomic mass is 10.1. The summed E-state index contributed by atoms with van der Waals surface area (Å²) in [5.41, 5.74) is 0.409. The first kappa shape index (κ1) is 16.7. The molecule has 2 heterocycles. The predicted molar refractivity (Wildman–Crippen MR) is 94.4 cm³/mol. The first-order valence-corrected chi connectivity index (χ1v) is 8.57. The predicted octanol–water partition coefficient (Wildman–Crippen LogP) is 2.52. The van der Waals surface area contributed by atoms with Gasteiger partial charge in [-0.2, -0.15) is 0 Å². The summed E-state index contributed by atoms with van der Waals surface area (Å²) in [4.78, 5) is 27.7. The Morgan fingerprint density at radius 3 is 2.62 bits per heavy atom. The highest BCUT2D eigenvalue weighted by atomic mass is 16.5. The molecule has 0 unspecified atom stereocenters. The van der Waals surface area contributed by atoms with Crippen molar-refractivity contribution in [3.05, 3.63) is 46.4 Å². The molecular weight excluding hydrogens is 304 g/mol. The number of morpholine rings is 1. The molecule has 1 amide bonds. The third kappa shape index (κ3) is 3.36. The molecule has 0 N–H and O–H groups in total. The maximum Gasteiger partial charge on any atom is 0.270 e. The largest absolute Gasteiger partial charge is 0.378 e. The number of carbonyl (C=O) groups excluding carboxylic acids is 1. The molecule has 1 aromatic heterocycles. The number of rotatable bonds is 4. The summed E-state index contributed by atoms with van der Waals surface area (Å²) in [6, 6.07) is 9.32. The van der Waals surface area contributed by atoms with Crippen molar-refractivity contribution >= 4 is 16.7 Å². The summed E-state index contributed by atoms with van der Waals surface area (Å²) >= 11 is 0. The quantitative estimate of drug-likeness (QED) is 0.866. The van der Waals surface area contributed by atoms with Gasteiger partial charge in [0.2, 0.25) is 0 Å². The highest BCUT2D eigenvalue weighted by molar-refractivity contribution is 5.96. The topological polar surface area (TPSA) is 51.5 Å². The lowest BCUT2D eigenvalue weighted by Gasteiger charge is -2.28. The number of hydrogen-bond acceptors (Lipinski definition) is 3. The Labute approximate surface area is 141 Å². The van der Waals surface area contributed by atoms with Crippen LogP contribution in [-0.2, 0) is 11.3 Å². The lowest BCUT2D eigenvalue weighted by Crippen LogP contribution is -2.43. The highest BCUT2D eigenvalue weighted by Gasteiger charge is 2.23. The molecule has 24 heavy (non-hydrogen) atoms. The summed E-state index contributed by atoms with van der Waals surface area (Å²) in [5, 5.41) is 1.49. The van der Waals surface area contributed by atoms with Gasteiger partial charge in [-0.25, -0.2) is 0 Å². The van der Waals surface area contributed by atoms with Crippen molar-refractivity contribution in [1.29, 1.82) is 0 Å². The second-order valence-corrected chi connectivity index (χ2v) is 6.66. The highest BCUT2D eigenvalue weighted by Crippen LogP contribution is 2.16. The van der Waals surface area contributed by atoms with E-state index in [2.05, 4.69) is 13.8 Å². The molecule has 0 bridgehead atoms. The van der Waals surface area contributed by atoms with Crippen molar-refractivity contribution in [3.63, 3.8) is 0 Å². The van der Waals surface area contributed by atoms with Crippen molar-refractivity contribution in [1.82, 2.24) is 9.47 Å². The van der Waals surface area contributed by atoms with Gasteiger partial charge in [-0.1, -0.05) is 32.0 Å². The first-order valence-electron chi connectivity index (χ1n) is 8.57. The van der Waals surface area contributed by atoms with Crippen molar-refractivity contribution in [3.8, 4) is 0 Å². The van der Waals surface area contributed by atoms with Crippen LogP contribution in [0.5, 0.6) is 0 Å². The summed E-state index contributed by atoms with van der Waals surface area (Å²) in [5.74, 6) is 0.389. The summed E-state index contributed by atoms with van der Waals surface area (Å²) < 4.78 is 6.98. The van der Waals surface area contributed by atoms with E-state index in [0.717, 1.165) is 11.8 Å². The summed E-state index contributed by atoms with van der Waals surface area (Å²) in [6.07, 6.45) is 0.863. The Hall–Kier alpha value is -2.14. The Morgan fingerprint density at radius 1 is 1.21 bits per heavy atom. The van der Waals surface area contributed by atoms with Crippen LogP contribution in [0.15, 0.2) is 35.1 Å². The van der Waals surface area contributed by atoms with Gasteiger partial charge in [0.1, 0.15) is 5.69 Å². The van der Waals surface area contributed by atoms with E-state index >= 15 is 0 Å². The minimum atomic E-state index is -0.0788. The van der Waals surface area contributed by atoms with Crippen LogP contribution < -0.4 is 5.56 Å². The number of carbonyl (C=O) groups is 1. The van der Waals surface area contributed by atoms with Crippen LogP contribution in [-0.4, -0.2) is 41.7 Å². The molecule has 0 saturated carbocycles. The number of fused-ring (bicyclic) bond motifs is 1. The number of amides is 1. The van der Waals surface area contributed by atoms with Crippen molar-refractivity contribution in [2.24, 2.45) is 5.92 Å². The molecule has 0 aliphatic carbocycles. The summed E-state index contributed by atoms with van der Waals surface area (Å²) in [7, 11) is 0.